The number of pyridine rings is 1. The molecule has 2 atom stereocenters. The van der Waals surface area contributed by atoms with Gasteiger partial charge in [0.1, 0.15) is 35.2 Å². The molecule has 0 spiro atoms. The lowest BCUT2D eigenvalue weighted by atomic mass is 9.96. The number of anilines is 1. The van der Waals surface area contributed by atoms with Crippen LogP contribution in [0.1, 0.15) is 46.1 Å². The van der Waals surface area contributed by atoms with Crippen LogP contribution in [-0.2, 0) is 0 Å². The molecule has 3 aliphatic rings. The monoisotopic (exact) mass is 643 g/mol. The second kappa shape index (κ2) is 13.9. The Kier molecular flexibility index (Phi) is 9.73. The van der Waals surface area contributed by atoms with Gasteiger partial charge in [-0.1, -0.05) is 25.8 Å². The van der Waals surface area contributed by atoms with E-state index in [2.05, 4.69) is 49.8 Å². The second-order valence-corrected chi connectivity index (χ2v) is 12.5. The highest BCUT2D eigenvalue weighted by atomic mass is 19.1. The first-order valence-corrected chi connectivity index (χ1v) is 16.7. The van der Waals surface area contributed by atoms with Crippen LogP contribution in [0.5, 0.6) is 11.8 Å². The van der Waals surface area contributed by atoms with Gasteiger partial charge in [0.05, 0.1) is 10.9 Å². The van der Waals surface area contributed by atoms with Crippen molar-refractivity contribution in [2.75, 3.05) is 57.3 Å². The molecule has 0 aliphatic carbocycles. The number of ether oxygens (including phenoxy) is 1. The van der Waals surface area contributed by atoms with E-state index in [1.54, 1.807) is 6.20 Å². The number of phenols is 1. The predicted molar refractivity (Wildman–Crippen MR) is 182 cm³/mol. The van der Waals surface area contributed by atoms with Gasteiger partial charge in [0.15, 0.2) is 5.82 Å². The average molecular weight is 644 g/mol. The number of benzene rings is 2. The number of phenolic OH excluding ortho intramolecular Hbond substituents is 1. The van der Waals surface area contributed by atoms with Gasteiger partial charge in [0.2, 0.25) is 0 Å². The quantitative estimate of drug-likeness (QED) is 0.265. The summed E-state index contributed by atoms with van der Waals surface area (Å²) in [6.07, 6.45) is 9.38. The number of piperazine rings is 2. The van der Waals surface area contributed by atoms with E-state index in [9.17, 15) is 9.50 Å². The fourth-order valence-corrected chi connectivity index (χ4v) is 7.01. The molecule has 2 N–H and O–H groups in total. The summed E-state index contributed by atoms with van der Waals surface area (Å²) in [5.74, 6) is 1.51. The van der Waals surface area contributed by atoms with Crippen LogP contribution >= 0.6 is 0 Å². The molecule has 9 nitrogen and oxygen atoms in total. The van der Waals surface area contributed by atoms with E-state index in [1.165, 1.54) is 24.3 Å². The van der Waals surface area contributed by atoms with Crippen molar-refractivity contribution in [1.82, 2.24) is 30.1 Å². The van der Waals surface area contributed by atoms with Crippen molar-refractivity contribution in [3.05, 3.63) is 47.7 Å². The normalized spacial score (nSPS) is 20.0. The first-order chi connectivity index (χ1) is 22.8. The van der Waals surface area contributed by atoms with Gasteiger partial charge in [-0.05, 0) is 50.3 Å². The van der Waals surface area contributed by atoms with Crippen molar-refractivity contribution in [3.8, 4) is 35.4 Å². The molecule has 11 heteroatoms. The molecule has 2 aromatic heterocycles. The Bertz CT molecular complexity index is 1790. The van der Waals surface area contributed by atoms with Gasteiger partial charge in [-0.2, -0.15) is 9.97 Å². The molecule has 248 valence electrons. The van der Waals surface area contributed by atoms with Gasteiger partial charge in [0, 0.05) is 81.1 Å². The van der Waals surface area contributed by atoms with E-state index in [0.29, 0.717) is 53.3 Å². The topological polar surface area (TPSA) is 89.9 Å². The lowest BCUT2D eigenvalue weighted by molar-refractivity contribution is 0.0958. The molecule has 7 rings (SSSR count). The summed E-state index contributed by atoms with van der Waals surface area (Å²) in [6.45, 7) is 14.9. The van der Waals surface area contributed by atoms with Gasteiger partial charge >= 0.3 is 6.01 Å². The number of nitrogens with zero attached hydrogens (tertiary/aromatic N) is 6. The first-order valence-electron chi connectivity index (χ1n) is 16.7. The van der Waals surface area contributed by atoms with E-state index >= 15 is 4.39 Å². The molecule has 0 amide bonds. The first kappa shape index (κ1) is 32.8. The molecule has 0 saturated carbocycles. The standard InChI is InChI=1S/C34H37F2N7O2.C2H6/c1-4-25-28(35)8-5-21-15-24(44)16-26(29(21)25)31-30(36)32-27(17-37-31)33(43-18-22-6-7-23(19-43)38-22)40-34(39-32)45-14-13-41-9-11-42(12-10-41)20(2)3;1-2/h1,5,8,15-17,20,22-23,38,44H,6-7,9-14,18-19H2,2-3H3;1-2H3. The number of rotatable bonds is 7. The highest BCUT2D eigenvalue weighted by molar-refractivity contribution is 6.03. The largest absolute Gasteiger partial charge is 0.508 e. The number of halogens is 2. The maximum absolute atomic E-state index is 16.7. The summed E-state index contributed by atoms with van der Waals surface area (Å²) in [7, 11) is 0. The van der Waals surface area contributed by atoms with Gasteiger partial charge in [0.25, 0.3) is 0 Å². The Balaban J connectivity index is 0.00000190. The van der Waals surface area contributed by atoms with Gasteiger partial charge < -0.3 is 20.1 Å². The third-order valence-electron chi connectivity index (χ3n) is 9.39. The lowest BCUT2D eigenvalue weighted by Gasteiger charge is -2.36. The molecule has 5 heterocycles. The minimum absolute atomic E-state index is 0.0262. The molecule has 2 aromatic carbocycles. The zero-order valence-corrected chi connectivity index (χ0v) is 27.6. The molecule has 3 aliphatic heterocycles. The highest BCUT2D eigenvalue weighted by Gasteiger charge is 2.34. The molecule has 3 fully saturated rings. The zero-order valence-electron chi connectivity index (χ0n) is 27.6. The maximum atomic E-state index is 16.7. The summed E-state index contributed by atoms with van der Waals surface area (Å²) in [4.78, 5) is 20.8. The van der Waals surface area contributed by atoms with E-state index in [4.69, 9.17) is 16.1 Å². The third-order valence-corrected chi connectivity index (χ3v) is 9.39. The SMILES string of the molecule is C#Cc1c(F)ccc2cc(O)cc(-c3ncc4c(N5CC6CCC(C5)N6)nc(OCCN5CCN(C(C)C)CC5)nc4c3F)c12.CC. The van der Waals surface area contributed by atoms with Gasteiger partial charge in [-0.3, -0.25) is 14.8 Å². The fraction of sp³-hybridized carbons (Fsp3) is 0.472. The molecule has 2 bridgehead atoms. The number of hydrogen-bond acceptors (Lipinski definition) is 9. The fourth-order valence-electron chi connectivity index (χ4n) is 7.01. The molecular formula is C36H43F2N7O2. The number of aromatic nitrogens is 3. The smallest absolute Gasteiger partial charge is 0.319 e. The number of nitrogens with one attached hydrogen (secondary N) is 1. The van der Waals surface area contributed by atoms with Crippen LogP contribution < -0.4 is 15.0 Å². The Morgan fingerprint density at radius 3 is 2.47 bits per heavy atom. The summed E-state index contributed by atoms with van der Waals surface area (Å²) >= 11 is 0. The van der Waals surface area contributed by atoms with E-state index in [1.807, 2.05) is 13.8 Å². The van der Waals surface area contributed by atoms with Crippen LogP contribution in [0, 0.1) is 24.0 Å². The van der Waals surface area contributed by atoms with E-state index in [-0.39, 0.29) is 34.1 Å². The predicted octanol–water partition coefficient (Wildman–Crippen LogP) is 5.18. The van der Waals surface area contributed by atoms with Crippen molar-refractivity contribution < 1.29 is 18.6 Å². The second-order valence-electron chi connectivity index (χ2n) is 12.5. The zero-order chi connectivity index (χ0) is 33.2. The summed E-state index contributed by atoms with van der Waals surface area (Å²) in [6, 6.07) is 6.83. The number of terminal acetylenes is 1. The minimum Gasteiger partial charge on any atom is -0.508 e. The van der Waals surface area contributed by atoms with Crippen molar-refractivity contribution in [2.45, 2.75) is 58.7 Å². The number of aromatic hydroxyl groups is 1. The van der Waals surface area contributed by atoms with Crippen LogP contribution in [0.4, 0.5) is 14.6 Å². The molecule has 2 unspecified atom stereocenters. The van der Waals surface area contributed by atoms with Crippen LogP contribution in [0.25, 0.3) is 32.9 Å². The highest BCUT2D eigenvalue weighted by Crippen LogP contribution is 2.39. The molecule has 4 aromatic rings. The third kappa shape index (κ3) is 6.55. The Morgan fingerprint density at radius 1 is 1.06 bits per heavy atom. The molecule has 0 radical (unpaired) electrons. The van der Waals surface area contributed by atoms with Crippen molar-refractivity contribution in [1.29, 1.82) is 0 Å². The van der Waals surface area contributed by atoms with Crippen LogP contribution in [0.3, 0.4) is 0 Å². The lowest BCUT2D eigenvalue weighted by Crippen LogP contribution is -2.51. The van der Waals surface area contributed by atoms with Gasteiger partial charge in [-0.25, -0.2) is 8.78 Å². The molecule has 47 heavy (non-hydrogen) atoms. The van der Waals surface area contributed by atoms with Gasteiger partial charge in [-0.15, -0.1) is 6.42 Å². The molecular weight excluding hydrogens is 600 g/mol. The minimum atomic E-state index is -0.719. The maximum Gasteiger partial charge on any atom is 0.319 e. The van der Waals surface area contributed by atoms with Crippen LogP contribution in [-0.4, -0.2) is 100 Å². The molecule has 3 saturated heterocycles. The Hall–Kier alpha value is -4.11. The van der Waals surface area contributed by atoms with Crippen molar-refractivity contribution in [3.63, 3.8) is 0 Å². The Morgan fingerprint density at radius 2 is 1.79 bits per heavy atom. The number of fused-ring (bicyclic) bond motifs is 4. The van der Waals surface area contributed by atoms with Crippen molar-refractivity contribution >= 4 is 27.5 Å². The Labute approximate surface area is 275 Å². The average Bonchev–Trinajstić information content (AvgIpc) is 3.42. The van der Waals surface area contributed by atoms with E-state index in [0.717, 1.165) is 52.1 Å². The summed E-state index contributed by atoms with van der Waals surface area (Å²) in [5, 5.41) is 15.4. The van der Waals surface area contributed by atoms with Crippen molar-refractivity contribution in [2.24, 2.45) is 0 Å². The summed E-state index contributed by atoms with van der Waals surface area (Å²) in [5.41, 5.74) is 0.109. The van der Waals surface area contributed by atoms with E-state index < -0.39 is 11.6 Å². The number of hydrogen-bond donors (Lipinski definition) is 2. The van der Waals surface area contributed by atoms with Crippen LogP contribution in [0.15, 0.2) is 30.5 Å². The van der Waals surface area contributed by atoms with Crippen LogP contribution in [0.2, 0.25) is 0 Å². The summed E-state index contributed by atoms with van der Waals surface area (Å²) < 4.78 is 37.6.